The van der Waals surface area contributed by atoms with E-state index < -0.39 is 16.6 Å². The van der Waals surface area contributed by atoms with Crippen molar-refractivity contribution >= 4 is 18.2 Å². The first-order valence-corrected chi connectivity index (χ1v) is 6.87. The van der Waals surface area contributed by atoms with Crippen LogP contribution in [0.1, 0.15) is 60.3 Å². The lowest BCUT2D eigenvalue weighted by Crippen LogP contribution is -2.30. The smallest absolute Gasteiger partial charge is 0.211 e. The van der Waals surface area contributed by atoms with Gasteiger partial charge in [0.25, 0.3) is 0 Å². The molecule has 0 aromatic carbocycles. The van der Waals surface area contributed by atoms with Crippen molar-refractivity contribution in [2.75, 3.05) is 0 Å². The largest absolute Gasteiger partial charge is 0.235 e. The molecular formula is C15H23N3O3. The third kappa shape index (κ3) is 8.11. The third-order valence-corrected chi connectivity index (χ3v) is 3.56. The van der Waals surface area contributed by atoms with Crippen molar-refractivity contribution < 1.29 is 14.4 Å². The molecule has 0 aromatic heterocycles. The fourth-order valence-electron chi connectivity index (χ4n) is 1.86. The minimum Gasteiger partial charge on any atom is -0.211 e. The van der Waals surface area contributed by atoms with Crippen LogP contribution >= 0.6 is 0 Å². The van der Waals surface area contributed by atoms with Crippen molar-refractivity contribution in [1.29, 1.82) is 0 Å². The Morgan fingerprint density at radius 2 is 0.952 bits per heavy atom. The normalized spacial score (nSPS) is 14.1. The predicted molar refractivity (Wildman–Crippen MR) is 79.4 cm³/mol. The van der Waals surface area contributed by atoms with Gasteiger partial charge in [-0.1, -0.05) is 0 Å². The van der Waals surface area contributed by atoms with Gasteiger partial charge in [-0.25, -0.2) is 14.4 Å². The first kappa shape index (κ1) is 19.1. The van der Waals surface area contributed by atoms with Gasteiger partial charge in [0, 0.05) is 0 Å². The summed E-state index contributed by atoms with van der Waals surface area (Å²) < 4.78 is 0. The lowest BCUT2D eigenvalue weighted by molar-refractivity contribution is 0.307. The second-order valence-electron chi connectivity index (χ2n) is 6.73. The molecule has 0 aliphatic carbocycles. The predicted octanol–water partition coefficient (Wildman–Crippen LogP) is 2.87. The van der Waals surface area contributed by atoms with Crippen molar-refractivity contribution in [1.82, 2.24) is 0 Å². The first-order chi connectivity index (χ1) is 9.60. The molecule has 0 saturated heterocycles. The summed E-state index contributed by atoms with van der Waals surface area (Å²) in [6, 6.07) is 0. The van der Waals surface area contributed by atoms with E-state index in [1.54, 1.807) is 18.2 Å². The quantitative estimate of drug-likeness (QED) is 0.483. The topological polar surface area (TPSA) is 88.3 Å². The molecular weight excluding hydrogens is 270 g/mol. The zero-order valence-corrected chi connectivity index (χ0v) is 13.4. The highest BCUT2D eigenvalue weighted by molar-refractivity contribution is 5.36. The van der Waals surface area contributed by atoms with E-state index in [0.717, 1.165) is 0 Å². The molecule has 0 aliphatic heterocycles. The van der Waals surface area contributed by atoms with Crippen LogP contribution in [0, 0.1) is 0 Å². The number of aliphatic imine (C=N–C) groups is 3. The monoisotopic (exact) mass is 293 g/mol. The Bertz CT molecular complexity index is 458. The summed E-state index contributed by atoms with van der Waals surface area (Å²) >= 11 is 0. The molecule has 0 heterocycles. The molecule has 0 spiro atoms. The van der Waals surface area contributed by atoms with Crippen molar-refractivity contribution in [3.8, 4) is 0 Å². The third-order valence-electron chi connectivity index (χ3n) is 3.56. The van der Waals surface area contributed by atoms with Crippen molar-refractivity contribution in [2.24, 2.45) is 15.0 Å². The molecule has 6 nitrogen and oxygen atoms in total. The second kappa shape index (κ2) is 7.80. The Hall–Kier alpha value is -1.86. The van der Waals surface area contributed by atoms with E-state index in [1.807, 2.05) is 34.6 Å². The average molecular weight is 293 g/mol. The van der Waals surface area contributed by atoms with E-state index in [9.17, 15) is 14.4 Å². The zero-order chi connectivity index (χ0) is 16.6. The summed E-state index contributed by atoms with van der Waals surface area (Å²) in [4.78, 5) is 42.8. The van der Waals surface area contributed by atoms with Crippen molar-refractivity contribution in [3.05, 3.63) is 0 Å². The van der Waals surface area contributed by atoms with Crippen molar-refractivity contribution in [3.63, 3.8) is 0 Å². The number of rotatable bonds is 9. The second-order valence-corrected chi connectivity index (χ2v) is 6.73. The zero-order valence-electron chi connectivity index (χ0n) is 13.4. The van der Waals surface area contributed by atoms with Crippen molar-refractivity contribution in [2.45, 2.75) is 76.9 Å². The van der Waals surface area contributed by atoms with Gasteiger partial charge in [-0.2, -0.15) is 15.0 Å². The highest BCUT2D eigenvalue weighted by Gasteiger charge is 2.30. The van der Waals surface area contributed by atoms with E-state index in [4.69, 9.17) is 0 Å². The molecule has 0 atom stereocenters. The Morgan fingerprint density at radius 1 is 0.619 bits per heavy atom. The fourth-order valence-corrected chi connectivity index (χ4v) is 1.86. The minimum atomic E-state index is -0.618. The maximum atomic E-state index is 10.7. The molecule has 0 bridgehead atoms. The van der Waals surface area contributed by atoms with Gasteiger partial charge in [0.2, 0.25) is 18.2 Å². The van der Waals surface area contributed by atoms with Crippen LogP contribution in [-0.4, -0.2) is 34.9 Å². The highest BCUT2D eigenvalue weighted by Crippen LogP contribution is 2.31. The van der Waals surface area contributed by atoms with Gasteiger partial charge >= 0.3 is 0 Å². The molecule has 0 fully saturated rings. The fraction of sp³-hybridized carbons (Fsp3) is 0.800. The summed E-state index contributed by atoms with van der Waals surface area (Å²) in [5.74, 6) is 0. The molecule has 0 N–H and O–H groups in total. The molecule has 0 rings (SSSR count). The molecule has 6 heteroatoms. The van der Waals surface area contributed by atoms with E-state index >= 15 is 0 Å². The SMILES string of the molecule is CC(C)(CCC(C)(CCC(C)(C)N=C=O)N=C=O)N=C=O. The van der Waals surface area contributed by atoms with Gasteiger partial charge < -0.3 is 0 Å². The van der Waals surface area contributed by atoms with Gasteiger partial charge in [0.05, 0.1) is 16.6 Å². The van der Waals surface area contributed by atoms with Crippen LogP contribution in [0.2, 0.25) is 0 Å². The molecule has 0 aliphatic rings. The average Bonchev–Trinajstić information content (AvgIpc) is 2.35. The first-order valence-electron chi connectivity index (χ1n) is 6.87. The van der Waals surface area contributed by atoms with Crippen LogP contribution < -0.4 is 0 Å². The van der Waals surface area contributed by atoms with Gasteiger partial charge in [-0.3, -0.25) is 0 Å². The van der Waals surface area contributed by atoms with E-state index in [0.29, 0.717) is 25.7 Å². The number of hydrogen-bond acceptors (Lipinski definition) is 6. The van der Waals surface area contributed by atoms with Crippen LogP contribution in [0.15, 0.2) is 15.0 Å². The van der Waals surface area contributed by atoms with Crippen LogP contribution in [0.3, 0.4) is 0 Å². The Morgan fingerprint density at radius 3 is 1.24 bits per heavy atom. The minimum absolute atomic E-state index is 0.544. The molecule has 0 unspecified atom stereocenters. The summed E-state index contributed by atoms with van der Waals surface area (Å²) in [5.41, 5.74) is -1.71. The van der Waals surface area contributed by atoms with Gasteiger partial charge in [0.1, 0.15) is 0 Å². The van der Waals surface area contributed by atoms with Crippen LogP contribution in [0.25, 0.3) is 0 Å². The molecule has 0 aromatic rings. The molecule has 21 heavy (non-hydrogen) atoms. The Labute approximate surface area is 125 Å². The summed E-state index contributed by atoms with van der Waals surface area (Å²) in [5, 5.41) is 0. The van der Waals surface area contributed by atoms with Crippen LogP contribution in [0.5, 0.6) is 0 Å². The maximum Gasteiger partial charge on any atom is 0.235 e. The lowest BCUT2D eigenvalue weighted by Gasteiger charge is -2.29. The molecule has 116 valence electrons. The Kier molecular flexibility index (Phi) is 7.11. The molecule has 0 saturated carbocycles. The van der Waals surface area contributed by atoms with Gasteiger partial charge in [-0.15, -0.1) is 0 Å². The number of isocyanates is 3. The van der Waals surface area contributed by atoms with Gasteiger partial charge in [0.15, 0.2) is 0 Å². The molecule has 0 amide bonds. The lowest BCUT2D eigenvalue weighted by atomic mass is 9.83. The maximum absolute atomic E-state index is 10.7. The van der Waals surface area contributed by atoms with Gasteiger partial charge in [-0.05, 0) is 60.3 Å². The van der Waals surface area contributed by atoms with E-state index in [-0.39, 0.29) is 0 Å². The van der Waals surface area contributed by atoms with E-state index in [2.05, 4.69) is 15.0 Å². The van der Waals surface area contributed by atoms with E-state index in [1.165, 1.54) is 0 Å². The van der Waals surface area contributed by atoms with Crippen LogP contribution in [0.4, 0.5) is 0 Å². The standard InChI is InChI=1S/C15H23N3O3/c1-13(2,16-10-19)6-8-15(5,18-12-21)9-7-14(3,4)17-11-20/h6-9H2,1-5H3. The number of hydrogen-bond donors (Lipinski definition) is 0. The number of carbonyl (C=O) groups excluding carboxylic acids is 3. The summed E-state index contributed by atoms with van der Waals surface area (Å²) in [6.45, 7) is 9.14. The number of nitrogens with zero attached hydrogens (tertiary/aromatic N) is 3. The molecule has 0 radical (unpaired) electrons. The van der Waals surface area contributed by atoms with Crippen LogP contribution in [-0.2, 0) is 14.4 Å². The summed E-state index contributed by atoms with van der Waals surface area (Å²) in [6.07, 6.45) is 7.03. The highest BCUT2D eigenvalue weighted by atomic mass is 16.1. The Balaban J connectivity index is 4.89. The summed E-state index contributed by atoms with van der Waals surface area (Å²) in [7, 11) is 0.